The van der Waals surface area contributed by atoms with Crippen molar-refractivity contribution >= 4 is 28.2 Å². The van der Waals surface area contributed by atoms with Crippen molar-refractivity contribution in [3.05, 3.63) is 16.0 Å². The smallest absolute Gasteiger partial charge is 0.341 e. The molecular formula is C15H22N2O3S. The summed E-state index contributed by atoms with van der Waals surface area (Å²) in [4.78, 5) is 25.3. The average molecular weight is 310 g/mol. The number of anilines is 1. The van der Waals surface area contributed by atoms with Crippen LogP contribution in [0.2, 0.25) is 0 Å². The molecular weight excluding hydrogens is 288 g/mol. The van der Waals surface area contributed by atoms with E-state index in [1.807, 2.05) is 13.8 Å². The number of methoxy groups -OCH3 is 1. The first-order valence-corrected chi connectivity index (χ1v) is 8.00. The normalized spacial score (nSPS) is 21.9. The maximum atomic E-state index is 12.4. The summed E-state index contributed by atoms with van der Waals surface area (Å²) in [5.74, 6) is -0.441. The quantitative estimate of drug-likeness (QED) is 0.841. The van der Waals surface area contributed by atoms with E-state index < -0.39 is 5.97 Å². The molecule has 1 heterocycles. The number of carbonyl (C=O) groups is 2. The Morgan fingerprint density at radius 3 is 2.43 bits per heavy atom. The third-order valence-corrected chi connectivity index (χ3v) is 5.28. The van der Waals surface area contributed by atoms with Gasteiger partial charge >= 0.3 is 5.97 Å². The second-order valence-corrected chi connectivity index (χ2v) is 6.80. The molecule has 5 nitrogen and oxygen atoms in total. The second kappa shape index (κ2) is 6.58. The van der Waals surface area contributed by atoms with Crippen molar-refractivity contribution in [2.75, 3.05) is 12.4 Å². The maximum absolute atomic E-state index is 12.4. The van der Waals surface area contributed by atoms with E-state index in [1.165, 1.54) is 18.4 Å². The first kappa shape index (κ1) is 16.0. The molecule has 1 aliphatic carbocycles. The number of aryl methyl sites for hydroxylation is 1. The molecule has 1 aromatic heterocycles. The molecule has 0 saturated heterocycles. The number of nitrogens with two attached hydrogens (primary N) is 1. The maximum Gasteiger partial charge on any atom is 0.341 e. The molecule has 6 heteroatoms. The van der Waals surface area contributed by atoms with Crippen molar-refractivity contribution in [2.45, 2.75) is 45.6 Å². The number of amides is 1. The molecule has 1 aliphatic rings. The van der Waals surface area contributed by atoms with E-state index in [1.54, 1.807) is 0 Å². The molecule has 0 radical (unpaired) electrons. The Labute approximate surface area is 128 Å². The van der Waals surface area contributed by atoms with Gasteiger partial charge in [-0.25, -0.2) is 4.79 Å². The third kappa shape index (κ3) is 3.44. The summed E-state index contributed by atoms with van der Waals surface area (Å²) < 4.78 is 4.81. The molecule has 0 aliphatic heterocycles. The average Bonchev–Trinajstić information content (AvgIpc) is 2.73. The van der Waals surface area contributed by atoms with Gasteiger partial charge in [-0.3, -0.25) is 4.79 Å². The van der Waals surface area contributed by atoms with Gasteiger partial charge in [0, 0.05) is 16.8 Å². The van der Waals surface area contributed by atoms with Gasteiger partial charge in [0.25, 0.3) is 0 Å². The lowest BCUT2D eigenvalue weighted by atomic mass is 9.86. The van der Waals surface area contributed by atoms with Gasteiger partial charge in [0.15, 0.2) is 0 Å². The van der Waals surface area contributed by atoms with Gasteiger partial charge in [0.2, 0.25) is 5.91 Å². The predicted molar refractivity (Wildman–Crippen MR) is 83.7 cm³/mol. The minimum absolute atomic E-state index is 0.0157. The minimum atomic E-state index is -0.405. The highest BCUT2D eigenvalue weighted by molar-refractivity contribution is 7.16. The minimum Gasteiger partial charge on any atom is -0.465 e. The van der Waals surface area contributed by atoms with Crippen LogP contribution in [-0.2, 0) is 9.53 Å². The summed E-state index contributed by atoms with van der Waals surface area (Å²) in [5, 5.41) is 3.50. The molecule has 1 fully saturated rings. The number of esters is 1. The van der Waals surface area contributed by atoms with Crippen molar-refractivity contribution in [3.8, 4) is 0 Å². The molecule has 0 aromatic carbocycles. The van der Waals surface area contributed by atoms with Gasteiger partial charge in [-0.05, 0) is 45.1 Å². The first-order chi connectivity index (χ1) is 9.93. The van der Waals surface area contributed by atoms with Crippen molar-refractivity contribution in [3.63, 3.8) is 0 Å². The van der Waals surface area contributed by atoms with Gasteiger partial charge in [0.1, 0.15) is 5.00 Å². The van der Waals surface area contributed by atoms with E-state index in [9.17, 15) is 9.59 Å². The van der Waals surface area contributed by atoms with Crippen molar-refractivity contribution < 1.29 is 14.3 Å². The number of rotatable bonds is 3. The Kier molecular flexibility index (Phi) is 5.00. The lowest BCUT2D eigenvalue weighted by molar-refractivity contribution is -0.120. The summed E-state index contributed by atoms with van der Waals surface area (Å²) in [5.41, 5.74) is 7.21. The SMILES string of the molecule is COC(=O)c1c(NC(=O)C2CCC(N)CC2)sc(C)c1C. The van der Waals surface area contributed by atoms with Crippen molar-refractivity contribution in [2.24, 2.45) is 11.7 Å². The van der Waals surface area contributed by atoms with Crippen LogP contribution in [0.15, 0.2) is 0 Å². The third-order valence-electron chi connectivity index (χ3n) is 4.15. The number of ether oxygens (including phenoxy) is 1. The summed E-state index contributed by atoms with van der Waals surface area (Å²) in [6.07, 6.45) is 3.38. The molecule has 116 valence electrons. The zero-order valence-electron chi connectivity index (χ0n) is 12.7. The first-order valence-electron chi connectivity index (χ1n) is 7.18. The van der Waals surface area contributed by atoms with Crippen LogP contribution in [0.1, 0.15) is 46.5 Å². The van der Waals surface area contributed by atoms with Crippen LogP contribution in [0.4, 0.5) is 5.00 Å². The Balaban J connectivity index is 2.14. The number of nitrogens with one attached hydrogen (secondary N) is 1. The van der Waals surface area contributed by atoms with Crippen LogP contribution < -0.4 is 11.1 Å². The molecule has 0 spiro atoms. The lowest BCUT2D eigenvalue weighted by Gasteiger charge is -2.25. The summed E-state index contributed by atoms with van der Waals surface area (Å²) in [6, 6.07) is 0.214. The van der Waals surface area contributed by atoms with E-state index in [0.29, 0.717) is 10.6 Å². The van der Waals surface area contributed by atoms with Gasteiger partial charge in [-0.2, -0.15) is 0 Å². The molecule has 0 atom stereocenters. The van der Waals surface area contributed by atoms with E-state index >= 15 is 0 Å². The van der Waals surface area contributed by atoms with Gasteiger partial charge < -0.3 is 15.8 Å². The molecule has 3 N–H and O–H groups in total. The molecule has 2 rings (SSSR count). The fourth-order valence-corrected chi connectivity index (χ4v) is 3.71. The zero-order chi connectivity index (χ0) is 15.6. The van der Waals surface area contributed by atoms with Gasteiger partial charge in [-0.1, -0.05) is 0 Å². The Morgan fingerprint density at radius 1 is 1.24 bits per heavy atom. The fraction of sp³-hybridized carbons (Fsp3) is 0.600. The summed E-state index contributed by atoms with van der Waals surface area (Å²) >= 11 is 1.42. The highest BCUT2D eigenvalue weighted by Crippen LogP contribution is 2.34. The second-order valence-electron chi connectivity index (χ2n) is 5.58. The molecule has 0 unspecified atom stereocenters. The van der Waals surface area contributed by atoms with Crippen LogP contribution >= 0.6 is 11.3 Å². The monoisotopic (exact) mass is 310 g/mol. The molecule has 21 heavy (non-hydrogen) atoms. The van der Waals surface area contributed by atoms with Crippen LogP contribution in [0.3, 0.4) is 0 Å². The summed E-state index contributed by atoms with van der Waals surface area (Å²) in [7, 11) is 1.35. The highest BCUT2D eigenvalue weighted by atomic mass is 32.1. The highest BCUT2D eigenvalue weighted by Gasteiger charge is 2.27. The topological polar surface area (TPSA) is 81.4 Å². The zero-order valence-corrected chi connectivity index (χ0v) is 13.5. The number of carbonyl (C=O) groups excluding carboxylic acids is 2. The Morgan fingerprint density at radius 2 is 1.86 bits per heavy atom. The van der Waals surface area contributed by atoms with E-state index in [4.69, 9.17) is 10.5 Å². The number of hydrogen-bond acceptors (Lipinski definition) is 5. The van der Waals surface area contributed by atoms with Crippen molar-refractivity contribution in [1.29, 1.82) is 0 Å². The predicted octanol–water partition coefficient (Wildman–Crippen LogP) is 2.61. The Hall–Kier alpha value is -1.40. The number of thiophene rings is 1. The largest absolute Gasteiger partial charge is 0.465 e. The molecule has 1 aromatic rings. The van der Waals surface area contributed by atoms with Crippen molar-refractivity contribution in [1.82, 2.24) is 0 Å². The van der Waals surface area contributed by atoms with E-state index in [0.717, 1.165) is 36.1 Å². The fourth-order valence-electron chi connectivity index (χ4n) is 2.66. The standard InChI is InChI=1S/C15H22N2O3S/c1-8-9(2)21-14(12(8)15(19)20-3)17-13(18)10-4-6-11(16)7-5-10/h10-11H,4-7,16H2,1-3H3,(H,17,18). The summed E-state index contributed by atoms with van der Waals surface area (Å²) in [6.45, 7) is 3.80. The molecule has 1 amide bonds. The Bertz CT molecular complexity index is 545. The number of hydrogen-bond donors (Lipinski definition) is 2. The van der Waals surface area contributed by atoms with E-state index in [-0.39, 0.29) is 17.9 Å². The van der Waals surface area contributed by atoms with Crippen LogP contribution in [0, 0.1) is 19.8 Å². The van der Waals surface area contributed by atoms with Gasteiger partial charge in [-0.15, -0.1) is 11.3 Å². The van der Waals surface area contributed by atoms with Crippen LogP contribution in [-0.4, -0.2) is 25.0 Å². The van der Waals surface area contributed by atoms with Crippen LogP contribution in [0.5, 0.6) is 0 Å². The van der Waals surface area contributed by atoms with E-state index in [2.05, 4.69) is 5.32 Å². The van der Waals surface area contributed by atoms with Crippen LogP contribution in [0.25, 0.3) is 0 Å². The molecule has 0 bridgehead atoms. The lowest BCUT2D eigenvalue weighted by Crippen LogP contribution is -2.32. The van der Waals surface area contributed by atoms with Gasteiger partial charge in [0.05, 0.1) is 12.7 Å². The molecule has 1 saturated carbocycles.